The third kappa shape index (κ3) is 2.91. The van der Waals surface area contributed by atoms with Gasteiger partial charge in [0.1, 0.15) is 0 Å². The van der Waals surface area contributed by atoms with Crippen molar-refractivity contribution in [3.63, 3.8) is 0 Å². The molecule has 0 saturated carbocycles. The lowest BCUT2D eigenvalue weighted by molar-refractivity contribution is 0.0696. The Labute approximate surface area is 108 Å². The van der Waals surface area contributed by atoms with E-state index in [-0.39, 0.29) is 0 Å². The Hall–Kier alpha value is -1.35. The Morgan fingerprint density at radius 1 is 1.44 bits per heavy atom. The monoisotopic (exact) mass is 247 g/mol. The average molecular weight is 247 g/mol. The normalized spacial score (nSPS) is 21.2. The van der Waals surface area contributed by atoms with Crippen LogP contribution in [0.2, 0.25) is 0 Å². The van der Waals surface area contributed by atoms with Gasteiger partial charge < -0.3 is 10.0 Å². The first-order valence-corrected chi connectivity index (χ1v) is 6.65. The zero-order chi connectivity index (χ0) is 13.1. The van der Waals surface area contributed by atoms with Gasteiger partial charge in [-0.25, -0.2) is 4.79 Å². The lowest BCUT2D eigenvalue weighted by atomic mass is 9.89. The third-order valence-electron chi connectivity index (χ3n) is 3.79. The summed E-state index contributed by atoms with van der Waals surface area (Å²) < 4.78 is 0. The Kier molecular flexibility index (Phi) is 4.02. The molecule has 0 unspecified atom stereocenters. The van der Waals surface area contributed by atoms with E-state index in [2.05, 4.69) is 24.8 Å². The topological polar surface area (TPSA) is 40.5 Å². The highest BCUT2D eigenvalue weighted by Gasteiger charge is 2.23. The summed E-state index contributed by atoms with van der Waals surface area (Å²) in [5.74, 6) is -0.367. The van der Waals surface area contributed by atoms with E-state index in [4.69, 9.17) is 5.11 Å². The first kappa shape index (κ1) is 13.1. The minimum Gasteiger partial charge on any atom is -0.478 e. The molecule has 98 valence electrons. The van der Waals surface area contributed by atoms with Crippen LogP contribution in [0.15, 0.2) is 24.3 Å². The SMILES string of the molecule is CC(C)N1CCC[C@@H](c2cccc(C(=O)O)c2)C1. The maximum atomic E-state index is 11.0. The molecule has 1 saturated heterocycles. The first-order valence-electron chi connectivity index (χ1n) is 6.65. The van der Waals surface area contributed by atoms with Gasteiger partial charge in [-0.15, -0.1) is 0 Å². The number of carboxylic acid groups (broad SMARTS) is 1. The molecule has 1 N–H and O–H groups in total. The van der Waals surface area contributed by atoms with Gasteiger partial charge >= 0.3 is 5.97 Å². The minimum atomic E-state index is -0.839. The zero-order valence-corrected chi connectivity index (χ0v) is 11.1. The number of nitrogens with zero attached hydrogens (tertiary/aromatic N) is 1. The Balaban J connectivity index is 2.15. The maximum Gasteiger partial charge on any atom is 0.335 e. The highest BCUT2D eigenvalue weighted by molar-refractivity contribution is 5.87. The van der Waals surface area contributed by atoms with Crippen LogP contribution in [0.4, 0.5) is 0 Å². The highest BCUT2D eigenvalue weighted by Crippen LogP contribution is 2.28. The average Bonchev–Trinajstić information content (AvgIpc) is 2.39. The lowest BCUT2D eigenvalue weighted by Gasteiger charge is -2.35. The molecule has 18 heavy (non-hydrogen) atoms. The fourth-order valence-corrected chi connectivity index (χ4v) is 2.67. The van der Waals surface area contributed by atoms with E-state index in [0.717, 1.165) is 19.5 Å². The summed E-state index contributed by atoms with van der Waals surface area (Å²) in [6.07, 6.45) is 2.35. The number of piperidine rings is 1. The predicted octanol–water partition coefficient (Wildman–Crippen LogP) is 2.97. The van der Waals surface area contributed by atoms with Gasteiger partial charge in [-0.1, -0.05) is 12.1 Å². The van der Waals surface area contributed by atoms with Gasteiger partial charge in [0, 0.05) is 12.6 Å². The summed E-state index contributed by atoms with van der Waals surface area (Å²) in [5.41, 5.74) is 1.56. The van der Waals surface area contributed by atoms with Crippen molar-refractivity contribution < 1.29 is 9.90 Å². The second-order valence-electron chi connectivity index (χ2n) is 5.36. The maximum absolute atomic E-state index is 11.0. The summed E-state index contributed by atoms with van der Waals surface area (Å²) in [6, 6.07) is 7.97. The number of hydrogen-bond donors (Lipinski definition) is 1. The van der Waals surface area contributed by atoms with Crippen LogP contribution in [0.5, 0.6) is 0 Å². The summed E-state index contributed by atoms with van der Waals surface area (Å²) in [6.45, 7) is 6.64. The third-order valence-corrected chi connectivity index (χ3v) is 3.79. The van der Waals surface area contributed by atoms with Crippen LogP contribution in [0.25, 0.3) is 0 Å². The van der Waals surface area contributed by atoms with Crippen LogP contribution < -0.4 is 0 Å². The van der Waals surface area contributed by atoms with Gasteiger partial charge in [-0.3, -0.25) is 0 Å². The lowest BCUT2D eigenvalue weighted by Crippen LogP contribution is -2.39. The summed E-state index contributed by atoms with van der Waals surface area (Å²) in [5, 5.41) is 9.04. The van der Waals surface area contributed by atoms with Crippen molar-refractivity contribution in [3.8, 4) is 0 Å². The summed E-state index contributed by atoms with van der Waals surface area (Å²) in [7, 11) is 0. The molecule has 3 heteroatoms. The molecule has 3 nitrogen and oxygen atoms in total. The molecule has 1 atom stereocenters. The van der Waals surface area contributed by atoms with Crippen molar-refractivity contribution in [2.24, 2.45) is 0 Å². The van der Waals surface area contributed by atoms with E-state index in [9.17, 15) is 4.79 Å². The number of benzene rings is 1. The highest BCUT2D eigenvalue weighted by atomic mass is 16.4. The molecule has 1 aliphatic heterocycles. The zero-order valence-electron chi connectivity index (χ0n) is 11.1. The molecule has 0 aliphatic carbocycles. The quantitative estimate of drug-likeness (QED) is 0.892. The number of likely N-dealkylation sites (tertiary alicyclic amines) is 1. The predicted molar refractivity (Wildman–Crippen MR) is 72.1 cm³/mol. The molecule has 0 spiro atoms. The van der Waals surface area contributed by atoms with Crippen LogP contribution in [-0.4, -0.2) is 35.1 Å². The number of hydrogen-bond acceptors (Lipinski definition) is 2. The fourth-order valence-electron chi connectivity index (χ4n) is 2.67. The molecule has 0 aromatic heterocycles. The standard InChI is InChI=1S/C15H21NO2/c1-11(2)16-8-4-7-14(10-16)12-5-3-6-13(9-12)15(17)18/h3,5-6,9,11,14H,4,7-8,10H2,1-2H3,(H,17,18)/t14-/m1/s1. The molecular weight excluding hydrogens is 226 g/mol. The fraction of sp³-hybridized carbons (Fsp3) is 0.533. The van der Waals surface area contributed by atoms with E-state index in [0.29, 0.717) is 17.5 Å². The van der Waals surface area contributed by atoms with Crippen molar-refractivity contribution in [3.05, 3.63) is 35.4 Å². The molecular formula is C15H21NO2. The van der Waals surface area contributed by atoms with Crippen molar-refractivity contribution in [2.75, 3.05) is 13.1 Å². The van der Waals surface area contributed by atoms with Crippen LogP contribution in [0, 0.1) is 0 Å². The van der Waals surface area contributed by atoms with E-state index < -0.39 is 5.97 Å². The summed E-state index contributed by atoms with van der Waals surface area (Å²) in [4.78, 5) is 13.5. The minimum absolute atomic E-state index is 0.397. The van der Waals surface area contributed by atoms with Crippen LogP contribution in [0.1, 0.15) is 48.5 Å². The number of aromatic carboxylic acids is 1. The van der Waals surface area contributed by atoms with Gasteiger partial charge in [0.05, 0.1) is 5.56 Å². The van der Waals surface area contributed by atoms with E-state index >= 15 is 0 Å². The van der Waals surface area contributed by atoms with E-state index in [1.165, 1.54) is 12.0 Å². The summed E-state index contributed by atoms with van der Waals surface area (Å²) >= 11 is 0. The van der Waals surface area contributed by atoms with Crippen molar-refractivity contribution >= 4 is 5.97 Å². The Morgan fingerprint density at radius 3 is 2.89 bits per heavy atom. The number of rotatable bonds is 3. The van der Waals surface area contributed by atoms with E-state index in [1.807, 2.05) is 12.1 Å². The van der Waals surface area contributed by atoms with Crippen molar-refractivity contribution in [1.82, 2.24) is 4.90 Å². The molecule has 0 radical (unpaired) electrons. The van der Waals surface area contributed by atoms with Gasteiger partial charge in [-0.05, 0) is 56.8 Å². The Bertz CT molecular complexity index is 428. The second kappa shape index (κ2) is 5.53. The number of carbonyl (C=O) groups is 1. The van der Waals surface area contributed by atoms with E-state index in [1.54, 1.807) is 6.07 Å². The number of carboxylic acids is 1. The van der Waals surface area contributed by atoms with Crippen molar-refractivity contribution in [1.29, 1.82) is 0 Å². The molecule has 1 heterocycles. The Morgan fingerprint density at radius 2 is 2.22 bits per heavy atom. The first-order chi connectivity index (χ1) is 8.58. The molecule has 1 aromatic carbocycles. The van der Waals surface area contributed by atoms with Gasteiger partial charge in [-0.2, -0.15) is 0 Å². The van der Waals surface area contributed by atoms with Crippen LogP contribution in [-0.2, 0) is 0 Å². The van der Waals surface area contributed by atoms with Gasteiger partial charge in [0.2, 0.25) is 0 Å². The van der Waals surface area contributed by atoms with Gasteiger partial charge in [0.15, 0.2) is 0 Å². The smallest absolute Gasteiger partial charge is 0.335 e. The second-order valence-corrected chi connectivity index (χ2v) is 5.36. The molecule has 0 amide bonds. The molecule has 0 bridgehead atoms. The van der Waals surface area contributed by atoms with Crippen molar-refractivity contribution in [2.45, 2.75) is 38.6 Å². The largest absolute Gasteiger partial charge is 0.478 e. The molecule has 1 aromatic rings. The van der Waals surface area contributed by atoms with Crippen LogP contribution in [0.3, 0.4) is 0 Å². The van der Waals surface area contributed by atoms with Crippen LogP contribution >= 0.6 is 0 Å². The van der Waals surface area contributed by atoms with Gasteiger partial charge in [0.25, 0.3) is 0 Å². The molecule has 2 rings (SSSR count). The molecule has 1 fully saturated rings. The molecule has 1 aliphatic rings.